The first-order valence-electron chi connectivity index (χ1n) is 9.81. The fraction of sp³-hybridized carbons (Fsp3) is 0.500. The van der Waals surface area contributed by atoms with E-state index in [1.807, 2.05) is 0 Å². The second kappa shape index (κ2) is 5.13. The maximum absolute atomic E-state index is 6.65. The summed E-state index contributed by atoms with van der Waals surface area (Å²) >= 11 is 0. The summed E-state index contributed by atoms with van der Waals surface area (Å²) < 4.78 is 11.8. The monoisotopic (exact) mass is 367 g/mol. The molecule has 3 nitrogen and oxygen atoms in total. The first kappa shape index (κ1) is 17.6. The number of benzene rings is 1. The highest BCUT2D eigenvalue weighted by molar-refractivity contribution is 6.71. The zero-order chi connectivity index (χ0) is 19.1. The Balaban J connectivity index is 2.29. The first-order valence-corrected chi connectivity index (χ1v) is 12.7. The van der Waals surface area contributed by atoms with Gasteiger partial charge >= 0.3 is 8.48 Å². The molecule has 2 aliphatic heterocycles. The lowest BCUT2D eigenvalue weighted by Crippen LogP contribution is -2.69. The fourth-order valence-electron chi connectivity index (χ4n) is 5.72. The van der Waals surface area contributed by atoms with E-state index in [9.17, 15) is 0 Å². The standard InChI is InChI=1S/C22H31N2OSi/c1-9-21(6)17-13-12-14-18-19(17)20-23(22(21,10-2)11-3)15(4)16(5)24(20)26(7,8)25-18/h10,12-14H,2,9,11H2,1,3-8H3/q+1. The molecule has 1 aromatic carbocycles. The zero-order valence-corrected chi connectivity index (χ0v) is 18.2. The molecule has 0 radical (unpaired) electrons. The van der Waals surface area contributed by atoms with Crippen molar-refractivity contribution in [3.05, 3.63) is 47.8 Å². The molecule has 0 saturated carbocycles. The van der Waals surface area contributed by atoms with Gasteiger partial charge < -0.3 is 4.43 Å². The number of allylic oxidation sites excluding steroid dienone is 1. The van der Waals surface area contributed by atoms with E-state index in [0.29, 0.717) is 0 Å². The average molecular weight is 368 g/mol. The van der Waals surface area contributed by atoms with Crippen LogP contribution in [0.15, 0.2) is 30.9 Å². The van der Waals surface area contributed by atoms with Gasteiger partial charge in [0.25, 0.3) is 5.82 Å². The van der Waals surface area contributed by atoms with Crippen LogP contribution < -0.4 is 8.99 Å². The van der Waals surface area contributed by atoms with Crippen molar-refractivity contribution in [1.29, 1.82) is 0 Å². The molecule has 0 saturated heterocycles. The molecular weight excluding hydrogens is 336 g/mol. The molecule has 0 N–H and O–H groups in total. The molecule has 2 atom stereocenters. The SMILES string of the molecule is C=CC1(CC)[n+]2c(C)c(C)n3c2-c2c(cccc2C1(C)CC)O[Si]3(C)C. The molecule has 4 rings (SSSR count). The Kier molecular flexibility index (Phi) is 3.47. The van der Waals surface area contributed by atoms with Crippen molar-refractivity contribution in [3.63, 3.8) is 0 Å². The molecule has 2 unspecified atom stereocenters. The molecule has 2 aromatic rings. The van der Waals surface area contributed by atoms with E-state index in [2.05, 4.69) is 87.4 Å². The number of hydrogen-bond acceptors (Lipinski definition) is 1. The summed E-state index contributed by atoms with van der Waals surface area (Å²) in [4.78, 5) is 0. The van der Waals surface area contributed by atoms with E-state index in [1.54, 1.807) is 0 Å². The van der Waals surface area contributed by atoms with Crippen LogP contribution in [0.1, 0.15) is 50.6 Å². The van der Waals surface area contributed by atoms with Gasteiger partial charge in [0.05, 0.1) is 0 Å². The Morgan fingerprint density at radius 2 is 1.92 bits per heavy atom. The van der Waals surface area contributed by atoms with Crippen molar-refractivity contribution in [2.75, 3.05) is 0 Å². The highest BCUT2D eigenvalue weighted by Crippen LogP contribution is 2.55. The minimum Gasteiger partial charge on any atom is -0.508 e. The maximum Gasteiger partial charge on any atom is 0.467 e. The maximum atomic E-state index is 6.65. The second-order valence-electron chi connectivity index (χ2n) is 8.56. The van der Waals surface area contributed by atoms with Gasteiger partial charge in [0.2, 0.25) is 0 Å². The molecule has 0 amide bonds. The van der Waals surface area contributed by atoms with E-state index in [4.69, 9.17) is 4.43 Å². The Morgan fingerprint density at radius 1 is 1.23 bits per heavy atom. The minimum absolute atomic E-state index is 0.0255. The molecule has 0 fully saturated rings. The smallest absolute Gasteiger partial charge is 0.467 e. The fourth-order valence-corrected chi connectivity index (χ4v) is 8.21. The number of rotatable bonds is 3. The summed E-state index contributed by atoms with van der Waals surface area (Å²) in [7, 11) is -2.09. The van der Waals surface area contributed by atoms with Crippen molar-refractivity contribution in [2.24, 2.45) is 0 Å². The van der Waals surface area contributed by atoms with Gasteiger partial charge in [0.1, 0.15) is 28.2 Å². The molecular formula is C22H31N2OSi+. The highest BCUT2D eigenvalue weighted by Gasteiger charge is 2.61. The van der Waals surface area contributed by atoms with Gasteiger partial charge in [0, 0.05) is 32.4 Å². The van der Waals surface area contributed by atoms with Crippen molar-refractivity contribution in [1.82, 2.24) is 4.23 Å². The Bertz CT molecular complexity index is 942. The van der Waals surface area contributed by atoms with Crippen LogP contribution in [-0.4, -0.2) is 12.7 Å². The third-order valence-corrected chi connectivity index (χ3v) is 9.64. The second-order valence-corrected chi connectivity index (χ2v) is 12.1. The van der Waals surface area contributed by atoms with Gasteiger partial charge in [-0.05, 0) is 30.5 Å². The number of imidazole rings is 1. The topological polar surface area (TPSA) is 18.0 Å². The van der Waals surface area contributed by atoms with Crippen LogP contribution in [0, 0.1) is 13.8 Å². The normalized spacial score (nSPS) is 27.7. The Morgan fingerprint density at radius 3 is 2.50 bits per heavy atom. The molecule has 0 aliphatic carbocycles. The van der Waals surface area contributed by atoms with Gasteiger partial charge in [-0.15, -0.1) is 0 Å². The van der Waals surface area contributed by atoms with Gasteiger partial charge in [-0.3, -0.25) is 0 Å². The van der Waals surface area contributed by atoms with Crippen molar-refractivity contribution >= 4 is 8.48 Å². The summed E-state index contributed by atoms with van der Waals surface area (Å²) in [6.45, 7) is 20.5. The van der Waals surface area contributed by atoms with Gasteiger partial charge in [-0.25, -0.2) is 8.80 Å². The summed E-state index contributed by atoms with van der Waals surface area (Å²) in [5.41, 5.74) is 5.21. The quantitative estimate of drug-likeness (QED) is 0.425. The Labute approximate surface area is 158 Å². The molecule has 4 heteroatoms. The largest absolute Gasteiger partial charge is 0.508 e. The summed E-state index contributed by atoms with van der Waals surface area (Å²) in [5, 5.41) is 0. The third-order valence-electron chi connectivity index (χ3n) is 7.30. The molecule has 138 valence electrons. The lowest BCUT2D eigenvalue weighted by atomic mass is 9.60. The zero-order valence-electron chi connectivity index (χ0n) is 17.2. The minimum atomic E-state index is -2.09. The van der Waals surface area contributed by atoms with Gasteiger partial charge in [-0.2, -0.15) is 0 Å². The third kappa shape index (κ3) is 1.67. The first-order chi connectivity index (χ1) is 12.2. The van der Waals surface area contributed by atoms with Crippen LogP contribution in [-0.2, 0) is 11.0 Å². The molecule has 1 aromatic heterocycles. The van der Waals surface area contributed by atoms with Crippen LogP contribution in [0.25, 0.3) is 11.4 Å². The van der Waals surface area contributed by atoms with E-state index >= 15 is 0 Å². The number of aromatic nitrogens is 2. The van der Waals surface area contributed by atoms with Crippen molar-refractivity contribution in [2.45, 2.75) is 71.5 Å². The van der Waals surface area contributed by atoms with Gasteiger partial charge in [-0.1, -0.05) is 39.5 Å². The van der Waals surface area contributed by atoms with Crippen LogP contribution in [0.2, 0.25) is 13.1 Å². The number of hydrogen-bond donors (Lipinski definition) is 0. The van der Waals surface area contributed by atoms with E-state index < -0.39 is 8.48 Å². The molecule has 0 bridgehead atoms. The van der Waals surface area contributed by atoms with E-state index in [1.165, 1.54) is 28.3 Å². The van der Waals surface area contributed by atoms with Gasteiger partial charge in [0.15, 0.2) is 0 Å². The number of nitrogens with zero attached hydrogens (tertiary/aromatic N) is 2. The predicted molar refractivity (Wildman–Crippen MR) is 109 cm³/mol. The van der Waals surface area contributed by atoms with Crippen LogP contribution in [0.4, 0.5) is 0 Å². The van der Waals surface area contributed by atoms with E-state index in [-0.39, 0.29) is 11.0 Å². The van der Waals surface area contributed by atoms with Crippen molar-refractivity contribution < 1.29 is 8.99 Å². The van der Waals surface area contributed by atoms with Crippen LogP contribution in [0.5, 0.6) is 5.75 Å². The molecule has 2 aliphatic rings. The van der Waals surface area contributed by atoms with E-state index in [0.717, 1.165) is 18.6 Å². The Hall–Kier alpha value is -1.81. The molecule has 3 heterocycles. The lowest BCUT2D eigenvalue weighted by molar-refractivity contribution is -0.760. The van der Waals surface area contributed by atoms with Crippen molar-refractivity contribution in [3.8, 4) is 17.1 Å². The summed E-state index contributed by atoms with van der Waals surface area (Å²) in [6, 6.07) is 6.64. The highest BCUT2D eigenvalue weighted by atomic mass is 28.4. The predicted octanol–water partition coefficient (Wildman–Crippen LogP) is 4.97. The average Bonchev–Trinajstić information content (AvgIpc) is 2.88. The lowest BCUT2D eigenvalue weighted by Gasteiger charge is -2.49. The molecule has 0 spiro atoms. The summed E-state index contributed by atoms with van der Waals surface area (Å²) in [6.07, 6.45) is 4.29. The summed E-state index contributed by atoms with van der Waals surface area (Å²) in [5.74, 6) is 2.40. The van der Waals surface area contributed by atoms with Crippen LogP contribution in [0.3, 0.4) is 0 Å². The van der Waals surface area contributed by atoms with Crippen LogP contribution >= 0.6 is 0 Å². The molecule has 26 heavy (non-hydrogen) atoms.